The van der Waals surface area contributed by atoms with E-state index in [9.17, 15) is 0 Å². The van der Waals surface area contributed by atoms with E-state index in [1.807, 2.05) is 0 Å². The summed E-state index contributed by atoms with van der Waals surface area (Å²) in [5.41, 5.74) is 2.30. The third-order valence-electron chi connectivity index (χ3n) is 5.74. The zero-order valence-corrected chi connectivity index (χ0v) is 15.0. The van der Waals surface area contributed by atoms with E-state index in [-0.39, 0.29) is 0 Å². The molecule has 2 aromatic rings. The van der Waals surface area contributed by atoms with Crippen molar-refractivity contribution in [2.75, 3.05) is 36.0 Å². The third-order valence-corrected chi connectivity index (χ3v) is 6.53. The van der Waals surface area contributed by atoms with Crippen molar-refractivity contribution in [2.24, 2.45) is 11.8 Å². The number of hydrogen-bond donors (Lipinski definition) is 0. The Bertz CT molecular complexity index is 756. The molecule has 1 saturated carbocycles. The fraction of sp³-hybridized carbons (Fsp3) is 0.647. The van der Waals surface area contributed by atoms with Crippen molar-refractivity contribution in [2.45, 2.75) is 32.6 Å². The molecule has 0 spiro atoms. The highest BCUT2D eigenvalue weighted by molar-refractivity contribution is 7.09. The van der Waals surface area contributed by atoms with Crippen molar-refractivity contribution >= 4 is 22.5 Å². The quantitative estimate of drug-likeness (QED) is 0.854. The molecule has 0 radical (unpaired) electrons. The molecule has 126 valence electrons. The normalized spacial score (nSPS) is 26.2. The molecule has 2 aliphatic heterocycles. The SMILES string of the molecule is Cc1ncnc(N2CC3CN(c4nc(C5CC5)ns4)CC3C2)c1C. The van der Waals surface area contributed by atoms with Gasteiger partial charge in [0.05, 0.1) is 0 Å². The molecule has 3 aliphatic rings. The molecular formula is C17H22N6S. The molecule has 0 amide bonds. The average molecular weight is 342 g/mol. The standard InChI is InChI=1S/C17H22N6S/c1-10-11(2)18-9-19-16(10)22-5-13-7-23(8-14(13)6-22)17-20-15(21-24-17)12-3-4-12/h9,12-14H,3-8H2,1-2H3. The van der Waals surface area contributed by atoms with Crippen LogP contribution in [-0.2, 0) is 0 Å². The van der Waals surface area contributed by atoms with Gasteiger partial charge in [-0.05, 0) is 26.7 Å². The van der Waals surface area contributed by atoms with Crippen LogP contribution in [0.3, 0.4) is 0 Å². The molecule has 0 bridgehead atoms. The van der Waals surface area contributed by atoms with E-state index in [1.165, 1.54) is 18.4 Å². The highest BCUT2D eigenvalue weighted by atomic mass is 32.1. The van der Waals surface area contributed by atoms with Gasteiger partial charge in [-0.2, -0.15) is 4.37 Å². The smallest absolute Gasteiger partial charge is 0.205 e. The monoisotopic (exact) mass is 342 g/mol. The van der Waals surface area contributed by atoms with Crippen molar-refractivity contribution in [1.29, 1.82) is 0 Å². The third kappa shape index (κ3) is 2.37. The molecule has 24 heavy (non-hydrogen) atoms. The second-order valence-corrected chi connectivity index (χ2v) is 8.18. The van der Waals surface area contributed by atoms with Crippen LogP contribution in [0.2, 0.25) is 0 Å². The molecule has 2 aromatic heterocycles. The Morgan fingerprint density at radius 1 is 1.00 bits per heavy atom. The Balaban J connectivity index is 1.29. The van der Waals surface area contributed by atoms with E-state index in [0.717, 1.165) is 48.6 Å². The zero-order valence-electron chi connectivity index (χ0n) is 14.1. The van der Waals surface area contributed by atoms with Gasteiger partial charge in [0, 0.05) is 66.7 Å². The first-order chi connectivity index (χ1) is 11.7. The molecule has 0 aromatic carbocycles. The highest BCUT2D eigenvalue weighted by Crippen LogP contribution is 2.41. The largest absolute Gasteiger partial charge is 0.356 e. The van der Waals surface area contributed by atoms with Crippen LogP contribution in [0.15, 0.2) is 6.33 Å². The van der Waals surface area contributed by atoms with Gasteiger partial charge in [0.1, 0.15) is 18.0 Å². The van der Waals surface area contributed by atoms with Gasteiger partial charge in [0.25, 0.3) is 0 Å². The maximum atomic E-state index is 4.78. The van der Waals surface area contributed by atoms with Crippen molar-refractivity contribution in [1.82, 2.24) is 19.3 Å². The van der Waals surface area contributed by atoms with Gasteiger partial charge in [0.2, 0.25) is 5.13 Å². The first-order valence-corrected chi connectivity index (χ1v) is 9.58. The van der Waals surface area contributed by atoms with Crippen molar-refractivity contribution in [3.8, 4) is 0 Å². The summed E-state index contributed by atoms with van der Waals surface area (Å²) in [4.78, 5) is 18.5. The molecule has 5 rings (SSSR count). The molecule has 2 atom stereocenters. The number of rotatable bonds is 3. The van der Waals surface area contributed by atoms with Crippen LogP contribution in [-0.4, -0.2) is 45.5 Å². The molecule has 3 fully saturated rings. The summed E-state index contributed by atoms with van der Waals surface area (Å²) < 4.78 is 4.56. The van der Waals surface area contributed by atoms with Crippen LogP contribution >= 0.6 is 11.5 Å². The highest BCUT2D eigenvalue weighted by Gasteiger charge is 2.42. The first-order valence-electron chi connectivity index (χ1n) is 8.80. The van der Waals surface area contributed by atoms with Crippen LogP contribution in [0.25, 0.3) is 0 Å². The Kier molecular flexibility index (Phi) is 3.26. The van der Waals surface area contributed by atoms with E-state index in [0.29, 0.717) is 17.8 Å². The van der Waals surface area contributed by atoms with Gasteiger partial charge in [0.15, 0.2) is 0 Å². The summed E-state index contributed by atoms with van der Waals surface area (Å²) in [6.07, 6.45) is 4.24. The van der Waals surface area contributed by atoms with Crippen molar-refractivity contribution in [3.63, 3.8) is 0 Å². The zero-order chi connectivity index (χ0) is 16.3. The van der Waals surface area contributed by atoms with Gasteiger partial charge in [-0.1, -0.05) is 0 Å². The van der Waals surface area contributed by atoms with Gasteiger partial charge in [-0.3, -0.25) is 0 Å². The van der Waals surface area contributed by atoms with Crippen LogP contribution in [0.1, 0.15) is 35.8 Å². The maximum Gasteiger partial charge on any atom is 0.205 e. The number of fused-ring (bicyclic) bond motifs is 1. The van der Waals surface area contributed by atoms with Crippen LogP contribution in [0.4, 0.5) is 10.9 Å². The summed E-state index contributed by atoms with van der Waals surface area (Å²) in [5.74, 6) is 4.26. The minimum Gasteiger partial charge on any atom is -0.356 e. The minimum atomic E-state index is 0.650. The lowest BCUT2D eigenvalue weighted by atomic mass is 10.0. The molecule has 0 N–H and O–H groups in total. The van der Waals surface area contributed by atoms with E-state index >= 15 is 0 Å². The molecule has 2 saturated heterocycles. The predicted molar refractivity (Wildman–Crippen MR) is 94.8 cm³/mol. The number of hydrogen-bond acceptors (Lipinski definition) is 7. The fourth-order valence-electron chi connectivity index (χ4n) is 4.03. The average Bonchev–Trinajstić information content (AvgIpc) is 3.00. The molecular weight excluding hydrogens is 320 g/mol. The van der Waals surface area contributed by atoms with Crippen molar-refractivity contribution < 1.29 is 0 Å². The molecule has 6 nitrogen and oxygen atoms in total. The van der Waals surface area contributed by atoms with Gasteiger partial charge >= 0.3 is 0 Å². The van der Waals surface area contributed by atoms with E-state index in [2.05, 4.69) is 38.0 Å². The molecule has 7 heteroatoms. The summed E-state index contributed by atoms with van der Waals surface area (Å²) in [7, 11) is 0. The summed E-state index contributed by atoms with van der Waals surface area (Å²) in [5, 5.41) is 1.13. The lowest BCUT2D eigenvalue weighted by Crippen LogP contribution is -2.29. The van der Waals surface area contributed by atoms with Gasteiger partial charge < -0.3 is 9.80 Å². The number of aromatic nitrogens is 4. The first kappa shape index (κ1) is 14.6. The van der Waals surface area contributed by atoms with Crippen LogP contribution in [0.5, 0.6) is 0 Å². The molecule has 1 aliphatic carbocycles. The molecule has 2 unspecified atom stereocenters. The summed E-state index contributed by atoms with van der Waals surface area (Å²) in [6, 6.07) is 0. The van der Waals surface area contributed by atoms with Gasteiger partial charge in [-0.25, -0.2) is 15.0 Å². The Morgan fingerprint density at radius 3 is 2.42 bits per heavy atom. The molecule has 4 heterocycles. The van der Waals surface area contributed by atoms with E-state index in [4.69, 9.17) is 4.98 Å². The number of aryl methyl sites for hydroxylation is 1. The lowest BCUT2D eigenvalue weighted by molar-refractivity contribution is 0.533. The fourth-order valence-corrected chi connectivity index (χ4v) is 4.79. The second kappa shape index (κ2) is 5.37. The summed E-state index contributed by atoms with van der Waals surface area (Å²) >= 11 is 1.59. The van der Waals surface area contributed by atoms with Crippen LogP contribution < -0.4 is 9.80 Å². The van der Waals surface area contributed by atoms with Crippen molar-refractivity contribution in [3.05, 3.63) is 23.4 Å². The topological polar surface area (TPSA) is 58.0 Å². The Hall–Kier alpha value is -1.76. The van der Waals surface area contributed by atoms with Crippen LogP contribution in [0, 0.1) is 25.7 Å². The number of anilines is 2. The number of nitrogens with zero attached hydrogens (tertiary/aromatic N) is 6. The Labute approximate surface area is 146 Å². The second-order valence-electron chi connectivity index (χ2n) is 7.45. The minimum absolute atomic E-state index is 0.650. The predicted octanol–water partition coefficient (Wildman–Crippen LogP) is 2.39. The Morgan fingerprint density at radius 2 is 1.71 bits per heavy atom. The van der Waals surface area contributed by atoms with E-state index < -0.39 is 0 Å². The van der Waals surface area contributed by atoms with Gasteiger partial charge in [-0.15, -0.1) is 0 Å². The lowest BCUT2D eigenvalue weighted by Gasteiger charge is -2.23. The maximum absolute atomic E-state index is 4.78. The van der Waals surface area contributed by atoms with E-state index in [1.54, 1.807) is 17.9 Å². The summed E-state index contributed by atoms with van der Waals surface area (Å²) in [6.45, 7) is 8.57.